The lowest BCUT2D eigenvalue weighted by molar-refractivity contribution is -0.148. The summed E-state index contributed by atoms with van der Waals surface area (Å²) in [6.45, 7) is 0.932. The van der Waals surface area contributed by atoms with Crippen molar-refractivity contribution in [1.29, 1.82) is 0 Å². The lowest BCUT2D eigenvalue weighted by atomic mass is 9.98. The van der Waals surface area contributed by atoms with Crippen LogP contribution in [0.25, 0.3) is 11.1 Å². The molecule has 0 spiro atoms. The van der Waals surface area contributed by atoms with Gasteiger partial charge in [-0.2, -0.15) is 11.8 Å². The number of hydrogen-bond acceptors (Lipinski definition) is 6. The third-order valence-electron chi connectivity index (χ3n) is 5.77. The highest BCUT2D eigenvalue weighted by Crippen LogP contribution is 2.44. The SMILES string of the molecule is O=C(CSCCNC(=O)OCC1c2ccccc2-c2ccccc21)N[C@H]1CCO[C@H]1C(=O)O. The Bertz CT molecular complexity index is 984. The standard InChI is InChI=1S/C24H26N2O6S/c27-21(26-20-9-11-31-22(20)23(28)29)14-33-12-10-25-24(30)32-13-19-17-7-3-1-5-15(17)16-6-2-4-8-18(16)19/h1-8,19-20,22H,9-14H2,(H,25,30)(H,26,27)(H,28,29)/t20-,22+/m0/s1. The molecule has 2 aromatic rings. The third kappa shape index (κ3) is 5.48. The van der Waals surface area contributed by atoms with Crippen molar-refractivity contribution < 1.29 is 29.0 Å². The van der Waals surface area contributed by atoms with Gasteiger partial charge in [0.15, 0.2) is 6.10 Å². The molecule has 0 aromatic heterocycles. The Morgan fingerprint density at radius 3 is 2.39 bits per heavy atom. The Morgan fingerprint density at radius 1 is 1.06 bits per heavy atom. The van der Waals surface area contributed by atoms with Crippen LogP contribution in [0.4, 0.5) is 4.79 Å². The van der Waals surface area contributed by atoms with Crippen molar-refractivity contribution in [1.82, 2.24) is 10.6 Å². The predicted octanol–water partition coefficient (Wildman–Crippen LogP) is 2.62. The molecule has 1 aliphatic carbocycles. The number of aliphatic carboxylic acids is 1. The highest BCUT2D eigenvalue weighted by molar-refractivity contribution is 7.99. The van der Waals surface area contributed by atoms with E-state index in [0.717, 1.165) is 11.1 Å². The molecule has 2 amide bonds. The van der Waals surface area contributed by atoms with Crippen LogP contribution in [0.3, 0.4) is 0 Å². The zero-order valence-corrected chi connectivity index (χ0v) is 18.8. The number of thioether (sulfide) groups is 1. The van der Waals surface area contributed by atoms with Gasteiger partial charge in [-0.25, -0.2) is 9.59 Å². The van der Waals surface area contributed by atoms with Crippen LogP contribution in [0.1, 0.15) is 23.5 Å². The van der Waals surface area contributed by atoms with Crippen LogP contribution in [-0.4, -0.2) is 66.5 Å². The molecule has 2 aromatic carbocycles. The maximum absolute atomic E-state index is 12.2. The number of rotatable bonds is 9. The van der Waals surface area contributed by atoms with Crippen molar-refractivity contribution >= 4 is 29.7 Å². The number of carbonyl (C=O) groups is 3. The Kier molecular flexibility index (Phi) is 7.51. The average molecular weight is 471 g/mol. The summed E-state index contributed by atoms with van der Waals surface area (Å²) in [5.74, 6) is -0.604. The molecular weight excluding hydrogens is 444 g/mol. The summed E-state index contributed by atoms with van der Waals surface area (Å²) in [6, 6.07) is 15.8. The summed E-state index contributed by atoms with van der Waals surface area (Å²) < 4.78 is 10.6. The van der Waals surface area contributed by atoms with E-state index >= 15 is 0 Å². The second-order valence-electron chi connectivity index (χ2n) is 7.90. The minimum atomic E-state index is -1.07. The molecule has 0 unspecified atom stereocenters. The maximum atomic E-state index is 12.2. The number of alkyl carbamates (subject to hydrolysis) is 1. The van der Waals surface area contributed by atoms with E-state index in [1.807, 2.05) is 24.3 Å². The van der Waals surface area contributed by atoms with Gasteiger partial charge in [0.1, 0.15) is 6.61 Å². The number of hydrogen-bond donors (Lipinski definition) is 3. The fourth-order valence-electron chi connectivity index (χ4n) is 4.27. The first kappa shape index (κ1) is 23.1. The quantitative estimate of drug-likeness (QED) is 0.483. The zero-order chi connectivity index (χ0) is 23.2. The molecule has 0 radical (unpaired) electrons. The summed E-state index contributed by atoms with van der Waals surface area (Å²) in [4.78, 5) is 35.3. The second kappa shape index (κ2) is 10.7. The van der Waals surface area contributed by atoms with E-state index in [4.69, 9.17) is 14.6 Å². The molecule has 3 N–H and O–H groups in total. The number of carbonyl (C=O) groups excluding carboxylic acids is 2. The first-order valence-electron chi connectivity index (χ1n) is 10.8. The lowest BCUT2D eigenvalue weighted by Gasteiger charge is -2.16. The number of nitrogens with one attached hydrogen (secondary N) is 2. The van der Waals surface area contributed by atoms with Crippen molar-refractivity contribution in [3.05, 3.63) is 59.7 Å². The Labute approximate surface area is 196 Å². The predicted molar refractivity (Wildman–Crippen MR) is 124 cm³/mol. The number of benzene rings is 2. The Balaban J connectivity index is 1.15. The molecule has 1 saturated heterocycles. The lowest BCUT2D eigenvalue weighted by Crippen LogP contribution is -2.44. The van der Waals surface area contributed by atoms with Crippen molar-refractivity contribution in [3.8, 4) is 11.1 Å². The van der Waals surface area contributed by atoms with E-state index in [1.54, 1.807) is 0 Å². The minimum absolute atomic E-state index is 0.00964. The van der Waals surface area contributed by atoms with Gasteiger partial charge in [-0.3, -0.25) is 4.79 Å². The fraction of sp³-hybridized carbons (Fsp3) is 0.375. The Morgan fingerprint density at radius 2 is 1.73 bits per heavy atom. The maximum Gasteiger partial charge on any atom is 0.407 e. The van der Waals surface area contributed by atoms with E-state index in [9.17, 15) is 14.4 Å². The highest BCUT2D eigenvalue weighted by atomic mass is 32.2. The molecule has 8 nitrogen and oxygen atoms in total. The van der Waals surface area contributed by atoms with Gasteiger partial charge in [-0.05, 0) is 28.7 Å². The largest absolute Gasteiger partial charge is 0.479 e. The fourth-order valence-corrected chi connectivity index (χ4v) is 4.93. The van der Waals surface area contributed by atoms with Crippen LogP contribution >= 0.6 is 11.8 Å². The van der Waals surface area contributed by atoms with Gasteiger partial charge in [0.05, 0.1) is 11.8 Å². The van der Waals surface area contributed by atoms with Crippen LogP contribution in [0, 0.1) is 0 Å². The number of carboxylic acids is 1. The number of amides is 2. The van der Waals surface area contributed by atoms with Gasteiger partial charge in [-0.1, -0.05) is 48.5 Å². The molecular formula is C24H26N2O6S. The van der Waals surface area contributed by atoms with Gasteiger partial charge in [-0.15, -0.1) is 0 Å². The van der Waals surface area contributed by atoms with E-state index < -0.39 is 24.2 Å². The summed E-state index contributed by atoms with van der Waals surface area (Å²) in [7, 11) is 0. The highest BCUT2D eigenvalue weighted by Gasteiger charge is 2.35. The number of fused-ring (bicyclic) bond motifs is 3. The third-order valence-corrected chi connectivity index (χ3v) is 6.73. The smallest absolute Gasteiger partial charge is 0.407 e. The van der Waals surface area contributed by atoms with Crippen LogP contribution < -0.4 is 10.6 Å². The van der Waals surface area contributed by atoms with Crippen LogP contribution in [-0.2, 0) is 19.1 Å². The van der Waals surface area contributed by atoms with E-state index in [0.29, 0.717) is 25.3 Å². The number of carboxylic acid groups (broad SMARTS) is 1. The normalized spacial score (nSPS) is 18.9. The van der Waals surface area contributed by atoms with Crippen LogP contribution in [0.15, 0.2) is 48.5 Å². The number of ether oxygens (including phenoxy) is 2. The van der Waals surface area contributed by atoms with Crippen molar-refractivity contribution in [2.24, 2.45) is 0 Å². The summed E-state index contributed by atoms with van der Waals surface area (Å²) in [6.07, 6.45) is -1.00. The molecule has 2 atom stereocenters. The van der Waals surface area contributed by atoms with Gasteiger partial charge < -0.3 is 25.2 Å². The molecule has 1 aliphatic heterocycles. The molecule has 9 heteroatoms. The molecule has 33 heavy (non-hydrogen) atoms. The van der Waals surface area contributed by atoms with Gasteiger partial charge in [0.2, 0.25) is 5.91 Å². The summed E-state index contributed by atoms with van der Waals surface area (Å²) in [5, 5.41) is 14.5. The molecule has 0 bridgehead atoms. The van der Waals surface area contributed by atoms with E-state index in [-0.39, 0.29) is 24.2 Å². The van der Waals surface area contributed by atoms with E-state index in [1.165, 1.54) is 22.9 Å². The monoisotopic (exact) mass is 470 g/mol. The van der Waals surface area contributed by atoms with Gasteiger partial charge in [0, 0.05) is 24.8 Å². The molecule has 174 valence electrons. The molecule has 4 rings (SSSR count). The van der Waals surface area contributed by atoms with Crippen LogP contribution in [0.2, 0.25) is 0 Å². The van der Waals surface area contributed by atoms with Gasteiger partial charge >= 0.3 is 12.1 Å². The molecule has 2 aliphatic rings. The van der Waals surface area contributed by atoms with E-state index in [2.05, 4.69) is 34.9 Å². The zero-order valence-electron chi connectivity index (χ0n) is 18.0. The minimum Gasteiger partial charge on any atom is -0.479 e. The molecule has 0 saturated carbocycles. The topological polar surface area (TPSA) is 114 Å². The van der Waals surface area contributed by atoms with Crippen molar-refractivity contribution in [3.63, 3.8) is 0 Å². The molecule has 1 fully saturated rings. The van der Waals surface area contributed by atoms with Crippen molar-refractivity contribution in [2.45, 2.75) is 24.5 Å². The van der Waals surface area contributed by atoms with Gasteiger partial charge in [0.25, 0.3) is 0 Å². The Hall–Kier alpha value is -3.04. The summed E-state index contributed by atoms with van der Waals surface area (Å²) in [5.41, 5.74) is 4.67. The molecule has 1 heterocycles. The first-order chi connectivity index (χ1) is 16.0. The van der Waals surface area contributed by atoms with Crippen molar-refractivity contribution in [2.75, 3.05) is 31.3 Å². The van der Waals surface area contributed by atoms with Crippen LogP contribution in [0.5, 0.6) is 0 Å². The summed E-state index contributed by atoms with van der Waals surface area (Å²) >= 11 is 1.35. The second-order valence-corrected chi connectivity index (χ2v) is 9.00. The first-order valence-corrected chi connectivity index (χ1v) is 12.0. The average Bonchev–Trinajstić information content (AvgIpc) is 3.40.